The second-order valence-electron chi connectivity index (χ2n) is 4.17. The highest BCUT2D eigenvalue weighted by Gasteiger charge is 1.98. The van der Waals surface area contributed by atoms with E-state index in [4.69, 9.17) is 4.84 Å². The Bertz CT molecular complexity index is 396. The highest BCUT2D eigenvalue weighted by molar-refractivity contribution is 5.90. The zero-order valence-electron chi connectivity index (χ0n) is 11.0. The van der Waals surface area contributed by atoms with Crippen LogP contribution in [0.4, 0.5) is 0 Å². The second-order valence-corrected chi connectivity index (χ2v) is 4.17. The second kappa shape index (κ2) is 7.63. The van der Waals surface area contributed by atoms with Crippen molar-refractivity contribution < 1.29 is 14.4 Å². The molecule has 0 bridgehead atoms. The molecule has 0 radical (unpaired) electrons. The number of nitrogens with one attached hydrogen (secondary N) is 1. The van der Waals surface area contributed by atoms with Crippen molar-refractivity contribution in [1.29, 1.82) is 0 Å². The number of ether oxygens (including phenoxy) is 1. The molecule has 0 unspecified atom stereocenters. The molecule has 4 heteroatoms. The molecular weight excluding hydrogens is 230 g/mol. The number of rotatable bonds is 6. The van der Waals surface area contributed by atoms with E-state index in [1.807, 2.05) is 12.1 Å². The SMILES string of the molecule is COCONC(=O)/C=C/c1ccc(C(C)C)cc1. The first kappa shape index (κ1) is 14.4. The summed E-state index contributed by atoms with van der Waals surface area (Å²) in [6.45, 7) is 4.32. The number of hydroxylamine groups is 1. The summed E-state index contributed by atoms with van der Waals surface area (Å²) in [7, 11) is 1.48. The van der Waals surface area contributed by atoms with Crippen LogP contribution in [0.25, 0.3) is 6.08 Å². The fourth-order valence-electron chi connectivity index (χ4n) is 1.36. The van der Waals surface area contributed by atoms with Gasteiger partial charge in [-0.05, 0) is 23.1 Å². The summed E-state index contributed by atoms with van der Waals surface area (Å²) in [5.41, 5.74) is 4.48. The first-order chi connectivity index (χ1) is 8.63. The van der Waals surface area contributed by atoms with Gasteiger partial charge < -0.3 is 4.74 Å². The van der Waals surface area contributed by atoms with Gasteiger partial charge in [0.25, 0.3) is 5.91 Å². The molecule has 1 N–H and O–H groups in total. The Labute approximate surface area is 108 Å². The molecule has 4 nitrogen and oxygen atoms in total. The molecule has 0 aliphatic carbocycles. The fourth-order valence-corrected chi connectivity index (χ4v) is 1.36. The maximum Gasteiger partial charge on any atom is 0.267 e. The van der Waals surface area contributed by atoms with Crippen molar-refractivity contribution in [3.63, 3.8) is 0 Å². The van der Waals surface area contributed by atoms with Gasteiger partial charge in [-0.3, -0.25) is 4.79 Å². The van der Waals surface area contributed by atoms with E-state index in [2.05, 4.69) is 36.2 Å². The topological polar surface area (TPSA) is 47.6 Å². The van der Waals surface area contributed by atoms with Crippen LogP contribution in [0.5, 0.6) is 0 Å². The summed E-state index contributed by atoms with van der Waals surface area (Å²) in [5.74, 6) is 0.189. The lowest BCUT2D eigenvalue weighted by molar-refractivity contribution is -0.139. The highest BCUT2D eigenvalue weighted by atomic mass is 16.8. The highest BCUT2D eigenvalue weighted by Crippen LogP contribution is 2.15. The van der Waals surface area contributed by atoms with Crippen molar-refractivity contribution >= 4 is 12.0 Å². The Hall–Kier alpha value is -1.65. The third-order valence-corrected chi connectivity index (χ3v) is 2.38. The van der Waals surface area contributed by atoms with E-state index in [-0.39, 0.29) is 12.7 Å². The molecule has 98 valence electrons. The summed E-state index contributed by atoms with van der Waals surface area (Å²) in [4.78, 5) is 16.0. The van der Waals surface area contributed by atoms with Crippen LogP contribution in [0.1, 0.15) is 30.9 Å². The standard InChI is InChI=1S/C14H19NO3/c1-11(2)13-7-4-12(5-8-13)6-9-14(16)15-18-10-17-3/h4-9,11H,10H2,1-3H3,(H,15,16)/b9-6+. The smallest absolute Gasteiger partial charge is 0.267 e. The van der Waals surface area contributed by atoms with Crippen molar-refractivity contribution in [2.24, 2.45) is 0 Å². The molecule has 0 heterocycles. The third kappa shape index (κ3) is 5.12. The number of carbonyl (C=O) groups is 1. The van der Waals surface area contributed by atoms with Crippen LogP contribution in [0.15, 0.2) is 30.3 Å². The van der Waals surface area contributed by atoms with Crippen molar-refractivity contribution in [2.75, 3.05) is 13.9 Å². The van der Waals surface area contributed by atoms with Crippen molar-refractivity contribution in [3.8, 4) is 0 Å². The molecule has 1 aromatic rings. The minimum absolute atomic E-state index is 0.0304. The normalized spacial score (nSPS) is 11.1. The van der Waals surface area contributed by atoms with Gasteiger partial charge in [-0.25, -0.2) is 10.3 Å². The van der Waals surface area contributed by atoms with Gasteiger partial charge in [0.15, 0.2) is 6.79 Å². The summed E-state index contributed by atoms with van der Waals surface area (Å²) >= 11 is 0. The quantitative estimate of drug-likeness (QED) is 0.364. The van der Waals surface area contributed by atoms with Crippen LogP contribution < -0.4 is 5.48 Å². The lowest BCUT2D eigenvalue weighted by Crippen LogP contribution is -2.22. The summed E-state index contributed by atoms with van der Waals surface area (Å²) < 4.78 is 4.63. The van der Waals surface area contributed by atoms with Gasteiger partial charge in [0.05, 0.1) is 0 Å². The molecule has 0 saturated heterocycles. The average Bonchev–Trinajstić information content (AvgIpc) is 2.37. The Balaban J connectivity index is 2.48. The number of hydrogen-bond acceptors (Lipinski definition) is 3. The van der Waals surface area contributed by atoms with E-state index in [0.29, 0.717) is 5.92 Å². The van der Waals surface area contributed by atoms with Gasteiger partial charge in [0, 0.05) is 13.2 Å². The van der Waals surface area contributed by atoms with Crippen LogP contribution >= 0.6 is 0 Å². The Kier molecular flexibility index (Phi) is 6.11. The molecule has 0 fully saturated rings. The van der Waals surface area contributed by atoms with Gasteiger partial charge in [-0.2, -0.15) is 0 Å². The van der Waals surface area contributed by atoms with Gasteiger partial charge in [-0.1, -0.05) is 38.1 Å². The summed E-state index contributed by atoms with van der Waals surface area (Å²) in [5, 5.41) is 0. The van der Waals surface area contributed by atoms with Crippen molar-refractivity contribution in [1.82, 2.24) is 5.48 Å². The summed E-state index contributed by atoms with van der Waals surface area (Å²) in [6, 6.07) is 8.08. The minimum atomic E-state index is -0.319. The van der Waals surface area contributed by atoms with Gasteiger partial charge in [-0.15, -0.1) is 0 Å². The molecule has 1 aromatic carbocycles. The molecule has 0 saturated carbocycles. The largest absolute Gasteiger partial charge is 0.356 e. The van der Waals surface area contributed by atoms with Crippen LogP contribution in [-0.4, -0.2) is 19.8 Å². The maximum atomic E-state index is 11.3. The van der Waals surface area contributed by atoms with Crippen LogP contribution in [-0.2, 0) is 14.4 Å². The van der Waals surface area contributed by atoms with Crippen molar-refractivity contribution in [3.05, 3.63) is 41.5 Å². The number of methoxy groups -OCH3 is 1. The Morgan fingerprint density at radius 1 is 1.33 bits per heavy atom. The zero-order valence-corrected chi connectivity index (χ0v) is 11.0. The fraction of sp³-hybridized carbons (Fsp3) is 0.357. The van der Waals surface area contributed by atoms with Crippen LogP contribution in [0.2, 0.25) is 0 Å². The van der Waals surface area contributed by atoms with Gasteiger partial charge in [0.1, 0.15) is 0 Å². The molecule has 1 rings (SSSR count). The number of benzene rings is 1. The average molecular weight is 249 g/mol. The molecule has 0 atom stereocenters. The van der Waals surface area contributed by atoms with E-state index in [9.17, 15) is 4.79 Å². The molecule has 1 amide bonds. The molecule has 18 heavy (non-hydrogen) atoms. The zero-order chi connectivity index (χ0) is 13.4. The monoisotopic (exact) mass is 249 g/mol. The Morgan fingerprint density at radius 3 is 2.56 bits per heavy atom. The molecule has 0 aromatic heterocycles. The van der Waals surface area contributed by atoms with Gasteiger partial charge >= 0.3 is 0 Å². The molecule has 0 spiro atoms. The van der Waals surface area contributed by atoms with Gasteiger partial charge in [0.2, 0.25) is 0 Å². The van der Waals surface area contributed by atoms with E-state index < -0.39 is 0 Å². The van der Waals surface area contributed by atoms with E-state index in [0.717, 1.165) is 5.56 Å². The summed E-state index contributed by atoms with van der Waals surface area (Å²) in [6.07, 6.45) is 3.15. The first-order valence-corrected chi connectivity index (χ1v) is 5.82. The predicted molar refractivity (Wildman–Crippen MR) is 70.7 cm³/mol. The number of amides is 1. The molecule has 0 aliphatic heterocycles. The van der Waals surface area contributed by atoms with E-state index >= 15 is 0 Å². The first-order valence-electron chi connectivity index (χ1n) is 5.82. The van der Waals surface area contributed by atoms with Crippen molar-refractivity contribution in [2.45, 2.75) is 19.8 Å². The number of carbonyl (C=O) groups excluding carboxylic acids is 1. The maximum absolute atomic E-state index is 11.3. The number of hydrogen-bond donors (Lipinski definition) is 1. The molecule has 0 aliphatic rings. The molecular formula is C14H19NO3. The van der Waals surface area contributed by atoms with E-state index in [1.165, 1.54) is 18.7 Å². The van der Waals surface area contributed by atoms with E-state index in [1.54, 1.807) is 6.08 Å². The predicted octanol–water partition coefficient (Wildman–Crippen LogP) is 2.47. The Morgan fingerprint density at radius 2 is 2.00 bits per heavy atom. The minimum Gasteiger partial charge on any atom is -0.356 e. The third-order valence-electron chi connectivity index (χ3n) is 2.38. The van der Waals surface area contributed by atoms with Crippen LogP contribution in [0.3, 0.4) is 0 Å². The lowest BCUT2D eigenvalue weighted by atomic mass is 10.0. The van der Waals surface area contributed by atoms with Crippen LogP contribution in [0, 0.1) is 0 Å². The lowest BCUT2D eigenvalue weighted by Gasteiger charge is -2.04.